The Labute approximate surface area is 220 Å². The second kappa shape index (κ2) is 9.85. The highest BCUT2D eigenvalue weighted by Crippen LogP contribution is 2.41. The summed E-state index contributed by atoms with van der Waals surface area (Å²) >= 11 is 8.04. The first kappa shape index (κ1) is 25.3. The summed E-state index contributed by atoms with van der Waals surface area (Å²) in [6.07, 6.45) is 3.03. The van der Waals surface area contributed by atoms with Gasteiger partial charge in [-0.1, -0.05) is 48.0 Å². The number of hydrogen-bond acceptors (Lipinski definition) is 6. The van der Waals surface area contributed by atoms with E-state index in [-0.39, 0.29) is 11.9 Å². The molecule has 1 aliphatic carbocycles. The van der Waals surface area contributed by atoms with Gasteiger partial charge in [-0.05, 0) is 60.5 Å². The van der Waals surface area contributed by atoms with E-state index in [1.807, 2.05) is 48.5 Å². The number of fused-ring (bicyclic) bond motifs is 1. The van der Waals surface area contributed by atoms with Gasteiger partial charge in [-0.25, -0.2) is 13.1 Å². The van der Waals surface area contributed by atoms with Crippen LogP contribution in [0.4, 0.5) is 0 Å². The van der Waals surface area contributed by atoms with Gasteiger partial charge in [0.15, 0.2) is 0 Å². The van der Waals surface area contributed by atoms with Crippen molar-refractivity contribution in [2.45, 2.75) is 36.7 Å². The van der Waals surface area contributed by atoms with E-state index < -0.39 is 21.7 Å². The first-order valence-electron chi connectivity index (χ1n) is 11.7. The highest BCUT2D eigenvalue weighted by Gasteiger charge is 2.38. The number of aromatic nitrogens is 1. The highest BCUT2D eigenvalue weighted by atomic mass is 35.5. The molecule has 2 N–H and O–H groups in total. The van der Waals surface area contributed by atoms with Crippen molar-refractivity contribution < 1.29 is 18.3 Å². The van der Waals surface area contributed by atoms with Crippen molar-refractivity contribution in [3.63, 3.8) is 0 Å². The zero-order valence-electron chi connectivity index (χ0n) is 19.9. The number of benzene rings is 2. The quantitative estimate of drug-likeness (QED) is 0.286. The molecular weight excluding hydrogens is 516 g/mol. The number of pyridine rings is 1. The summed E-state index contributed by atoms with van der Waals surface area (Å²) in [6.45, 7) is 1.87. The minimum atomic E-state index is -3.48. The maximum Gasteiger partial charge on any atom is 0.215 e. The first-order chi connectivity index (χ1) is 17.2. The lowest BCUT2D eigenvalue weighted by Crippen LogP contribution is -2.31. The van der Waals surface area contributed by atoms with Gasteiger partial charge in [-0.3, -0.25) is 4.98 Å². The molecule has 2 unspecified atom stereocenters. The number of aliphatic hydroxyl groups is 1. The summed E-state index contributed by atoms with van der Waals surface area (Å²) in [7, 11) is -1.93. The van der Waals surface area contributed by atoms with Gasteiger partial charge in [-0.2, -0.15) is 0 Å². The minimum absolute atomic E-state index is 0.157. The molecule has 0 saturated heterocycles. The molecule has 0 bridgehead atoms. The second-order valence-corrected chi connectivity index (χ2v) is 12.8. The zero-order chi connectivity index (χ0) is 25.5. The van der Waals surface area contributed by atoms with E-state index in [1.54, 1.807) is 32.4 Å². The van der Waals surface area contributed by atoms with Gasteiger partial charge in [0.25, 0.3) is 0 Å². The van der Waals surface area contributed by atoms with Crippen molar-refractivity contribution in [3.05, 3.63) is 87.9 Å². The molecule has 1 saturated carbocycles. The molecule has 0 spiro atoms. The third-order valence-corrected chi connectivity index (χ3v) is 9.90. The summed E-state index contributed by atoms with van der Waals surface area (Å²) < 4.78 is 35.0. The number of sulfonamides is 1. The number of ether oxygens (including phenoxy) is 1. The van der Waals surface area contributed by atoms with Crippen molar-refractivity contribution in [3.8, 4) is 11.3 Å². The number of nitrogens with one attached hydrogen (secondary N) is 1. The number of hydrogen-bond donors (Lipinski definition) is 2. The van der Waals surface area contributed by atoms with E-state index in [2.05, 4.69) is 9.71 Å². The van der Waals surface area contributed by atoms with Crippen LogP contribution in [0, 0.1) is 0 Å². The molecule has 0 aliphatic heterocycles. The lowest BCUT2D eigenvalue weighted by atomic mass is 9.96. The molecule has 0 amide bonds. The molecule has 188 valence electrons. The van der Waals surface area contributed by atoms with E-state index in [4.69, 9.17) is 16.3 Å². The topological polar surface area (TPSA) is 88.5 Å². The number of halogens is 1. The van der Waals surface area contributed by atoms with Gasteiger partial charge in [0, 0.05) is 33.5 Å². The van der Waals surface area contributed by atoms with Crippen LogP contribution >= 0.6 is 22.9 Å². The maximum atomic E-state index is 13.0. The fraction of sp³-hybridized carbons (Fsp3) is 0.296. The van der Waals surface area contributed by atoms with Crippen LogP contribution in [-0.2, 0) is 20.4 Å². The fourth-order valence-electron chi connectivity index (χ4n) is 4.33. The van der Waals surface area contributed by atoms with Crippen molar-refractivity contribution in [2.75, 3.05) is 13.7 Å². The van der Waals surface area contributed by atoms with E-state index >= 15 is 0 Å². The monoisotopic (exact) mass is 542 g/mol. The molecule has 6 nitrogen and oxygen atoms in total. The van der Waals surface area contributed by atoms with Gasteiger partial charge < -0.3 is 9.84 Å². The molecule has 0 radical (unpaired) electrons. The van der Waals surface area contributed by atoms with Crippen LogP contribution in [0.5, 0.6) is 0 Å². The molecule has 36 heavy (non-hydrogen) atoms. The van der Waals surface area contributed by atoms with Crippen LogP contribution in [0.1, 0.15) is 41.8 Å². The Hall–Kier alpha value is -2.33. The van der Waals surface area contributed by atoms with Gasteiger partial charge in [0.2, 0.25) is 10.0 Å². The van der Waals surface area contributed by atoms with E-state index in [1.165, 1.54) is 11.3 Å². The van der Waals surface area contributed by atoms with Crippen LogP contribution in [0.3, 0.4) is 0 Å². The number of nitrogens with zero attached hydrogens (tertiary/aromatic N) is 1. The first-order valence-corrected chi connectivity index (χ1v) is 14.4. The Morgan fingerprint density at radius 3 is 2.69 bits per heavy atom. The van der Waals surface area contributed by atoms with Crippen molar-refractivity contribution >= 4 is 43.0 Å². The molecule has 2 aromatic carbocycles. The van der Waals surface area contributed by atoms with Crippen LogP contribution in [-0.4, -0.2) is 37.5 Å². The van der Waals surface area contributed by atoms with E-state index in [0.717, 1.165) is 26.2 Å². The highest BCUT2D eigenvalue weighted by molar-refractivity contribution is 7.90. The fourth-order valence-corrected chi connectivity index (χ4v) is 7.43. The molecule has 2 atom stereocenters. The third kappa shape index (κ3) is 5.07. The Balaban J connectivity index is 1.61. The second-order valence-electron chi connectivity index (χ2n) is 9.33. The molecule has 1 fully saturated rings. The number of rotatable bonds is 9. The number of methoxy groups -OCH3 is 1. The lowest BCUT2D eigenvalue weighted by Gasteiger charge is -2.23. The van der Waals surface area contributed by atoms with Crippen molar-refractivity contribution in [1.29, 1.82) is 0 Å². The molecule has 2 aromatic heterocycles. The molecule has 4 aromatic rings. The Morgan fingerprint density at radius 1 is 1.19 bits per heavy atom. The van der Waals surface area contributed by atoms with Gasteiger partial charge >= 0.3 is 0 Å². The zero-order valence-corrected chi connectivity index (χ0v) is 22.3. The predicted molar refractivity (Wildman–Crippen MR) is 145 cm³/mol. The largest absolute Gasteiger partial charge is 0.383 e. The number of thiophene rings is 1. The van der Waals surface area contributed by atoms with Crippen molar-refractivity contribution in [1.82, 2.24) is 9.71 Å². The Morgan fingerprint density at radius 2 is 1.97 bits per heavy atom. The molecular formula is C27H27ClN2O4S2. The van der Waals surface area contributed by atoms with E-state index in [0.29, 0.717) is 29.0 Å². The third-order valence-electron chi connectivity index (χ3n) is 6.39. The predicted octanol–water partition coefficient (Wildman–Crippen LogP) is 5.64. The summed E-state index contributed by atoms with van der Waals surface area (Å²) in [5.41, 5.74) is 1.89. The SMILES string of the molecule is COCC(C)(O)c1ccnc(-c2cccc3cc(C(NS(=O)(=O)C4CC4)c4ccccc4Cl)sc23)c1. The Kier molecular flexibility index (Phi) is 6.93. The Bertz CT molecular complexity index is 1510. The molecule has 5 rings (SSSR count). The smallest absolute Gasteiger partial charge is 0.215 e. The normalized spacial score (nSPS) is 16.7. The summed E-state index contributed by atoms with van der Waals surface area (Å²) in [4.78, 5) is 5.42. The van der Waals surface area contributed by atoms with Crippen LogP contribution in [0.15, 0.2) is 66.9 Å². The molecule has 2 heterocycles. The van der Waals surface area contributed by atoms with Gasteiger partial charge in [-0.15, -0.1) is 11.3 Å². The van der Waals surface area contributed by atoms with E-state index in [9.17, 15) is 13.5 Å². The average molecular weight is 543 g/mol. The summed E-state index contributed by atoms with van der Waals surface area (Å²) in [6, 6.07) is 18.3. The average Bonchev–Trinajstić information content (AvgIpc) is 3.63. The molecule has 9 heteroatoms. The summed E-state index contributed by atoms with van der Waals surface area (Å²) in [5.74, 6) is 0. The van der Waals surface area contributed by atoms with Gasteiger partial charge in [0.05, 0.1) is 23.6 Å². The lowest BCUT2D eigenvalue weighted by molar-refractivity contribution is -0.0208. The van der Waals surface area contributed by atoms with Gasteiger partial charge in [0.1, 0.15) is 5.60 Å². The van der Waals surface area contributed by atoms with Crippen molar-refractivity contribution in [2.24, 2.45) is 0 Å². The minimum Gasteiger partial charge on any atom is -0.383 e. The standard InChI is InChI=1S/C27H27ClN2O4S2/c1-27(31,16-34-2)18-12-13-29-23(15-18)21-8-5-6-17-14-24(35-26(17)21)25(20-7-3-4-9-22(20)28)30-36(32,33)19-10-11-19/h3-9,12-15,19,25,30-31H,10-11,16H2,1-2H3. The summed E-state index contributed by atoms with van der Waals surface area (Å²) in [5, 5.41) is 12.0. The van der Waals surface area contributed by atoms with Crippen LogP contribution < -0.4 is 4.72 Å². The maximum absolute atomic E-state index is 13.0. The van der Waals surface area contributed by atoms with Crippen LogP contribution in [0.25, 0.3) is 21.3 Å². The van der Waals surface area contributed by atoms with Crippen LogP contribution in [0.2, 0.25) is 5.02 Å². The molecule has 1 aliphatic rings.